The summed E-state index contributed by atoms with van der Waals surface area (Å²) in [4.78, 5) is 74.4. The standard InChI is InChI=1S/C21H26BNO3.C15H13BFNO3.C15H16BNO2.C15H14BrNO.C8H10BNO2.C8H11N.C7H4BrFO.C7H4ClFO.2C2H6O.CH3F.CH2O3.B.ClH.2K.Na.2H/c1-20(2)21(3,4)26-22(25-20)19-13-18(12-11-17(19)15-24)23(5)14-16-9-7-6-8-10-16;1-18(15(19)10-2-5-12(17)6-3-10)13-7-4-11-9-21-16(20)14(11)8-13;1-17(10-12-5-3-2-4-6-12)14-8-7-13-11-19-16(18)15(13)9-14;1-17(10-12-5-3-2-4-6-12)14-8-7-13(11-18)15(16)9-14;1-10-7-3-2-6-5-12-9(11)8(6)4-7;1-9-7-8-5-3-2-4-6-8;8-7-3-6(9)2-1-5(7)4-10;8-7(10)5-1-3-6(9)4-2-5;2*1-2-3;1-2;2-1-4-3;;;;;;;/h6-13,15H,14H2,1-5H3;2-8,20H,9H2,1H3;2-9,18H,10-11H2,1H3;2-9,11H,10H2,1H3;2-4,10-11H,5H2,1H3;2-6,9H,7H2,1H3;2*1-4H;2*3H,2H2,1H3;1H3;1,3H;;1H;;;;;/q;;;;;;;;;;;;;;3*+1;2*-1/p-1/i;;;;;;;;;;1D;;;;;;;;. The zero-order valence-electron chi connectivity index (χ0n) is 85.2. The topological polar surface area (TPSA) is 319 Å². The molecule has 4 aliphatic rings. The zero-order chi connectivity index (χ0) is 102. The van der Waals surface area contributed by atoms with Crippen molar-refractivity contribution in [2.75, 3.05) is 87.6 Å². The van der Waals surface area contributed by atoms with Gasteiger partial charge in [0.05, 0.1) is 39.5 Å². The van der Waals surface area contributed by atoms with Gasteiger partial charge in [0.25, 0.3) is 17.6 Å². The quantitative estimate of drug-likeness (QED) is 0.0108. The number of rotatable bonds is 20. The Morgan fingerprint density at radius 3 is 1.15 bits per heavy atom. The molecule has 0 saturated carbocycles. The number of halogens is 8. The van der Waals surface area contributed by atoms with E-state index in [1.54, 1.807) is 33.0 Å². The third kappa shape index (κ3) is 45.7. The monoisotopic (exact) mass is 2170 g/mol. The van der Waals surface area contributed by atoms with Crippen LogP contribution in [0.15, 0.2) is 288 Å². The van der Waals surface area contributed by atoms with Crippen LogP contribution in [0.3, 0.4) is 0 Å². The van der Waals surface area contributed by atoms with Crippen LogP contribution in [0.4, 0.5) is 46.0 Å². The van der Waals surface area contributed by atoms with Gasteiger partial charge < -0.3 is 91.8 Å². The summed E-state index contributed by atoms with van der Waals surface area (Å²) in [6.07, 6.45) is 2.38. The van der Waals surface area contributed by atoms with Crippen LogP contribution < -0.4 is 190 Å². The summed E-state index contributed by atoms with van der Waals surface area (Å²) < 4.78 is 81.9. The minimum atomic E-state index is -1.00. The second kappa shape index (κ2) is 73.0. The van der Waals surface area contributed by atoms with Gasteiger partial charge in [0.2, 0.25) is 0 Å². The predicted octanol–water partition coefficient (Wildman–Crippen LogP) is 6.45. The van der Waals surface area contributed by atoms with Gasteiger partial charge >= 0.3 is 161 Å². The van der Waals surface area contributed by atoms with E-state index in [0.29, 0.717) is 69.5 Å². The van der Waals surface area contributed by atoms with Crippen molar-refractivity contribution in [2.24, 2.45) is 0 Å². The average Bonchev–Trinajstić information content (AvgIpc) is 1.61. The van der Waals surface area contributed by atoms with Crippen molar-refractivity contribution in [3.05, 3.63) is 372 Å². The molecule has 0 aromatic heterocycles. The molecule has 4 aliphatic heterocycles. The molecular formula is C102H117B5Br2Cl2F4K2N6NaO18. The Kier molecular flexibility index (Phi) is 68.3. The summed E-state index contributed by atoms with van der Waals surface area (Å²) in [6, 6.07) is 84.5. The average molecular weight is 2180 g/mol. The number of amides is 1. The molecule has 24 nitrogen and oxygen atoms in total. The first-order valence-corrected chi connectivity index (χ1v) is 44.8. The number of nitrogens with one attached hydrogen (secondary N) is 2. The van der Waals surface area contributed by atoms with E-state index in [9.17, 15) is 56.6 Å². The van der Waals surface area contributed by atoms with Gasteiger partial charge in [-0.2, -0.15) is 0 Å². The Balaban J connectivity index is -0.00000158. The van der Waals surface area contributed by atoms with Crippen molar-refractivity contribution in [1.29, 1.82) is 0 Å². The second-order valence-corrected chi connectivity index (χ2v) is 33.1. The van der Waals surface area contributed by atoms with Gasteiger partial charge in [0.1, 0.15) is 23.7 Å². The van der Waals surface area contributed by atoms with Crippen molar-refractivity contribution < 1.29 is 242 Å². The van der Waals surface area contributed by atoms with Crippen molar-refractivity contribution in [3.63, 3.8) is 0 Å². The maximum atomic E-state index is 12.9. The number of anilines is 5. The van der Waals surface area contributed by atoms with E-state index >= 15 is 0 Å². The van der Waals surface area contributed by atoms with Crippen LogP contribution in [0.5, 0.6) is 0 Å². The number of carbonyl (C=O) groups is 6. The van der Waals surface area contributed by atoms with Crippen LogP contribution in [-0.4, -0.2) is 173 Å². The van der Waals surface area contributed by atoms with Crippen LogP contribution in [-0.2, 0) is 79.0 Å². The number of carbonyl (C=O) groups excluding carboxylic acids is 6. The molecule has 0 bridgehead atoms. The van der Waals surface area contributed by atoms with E-state index in [-0.39, 0.29) is 199 Å². The van der Waals surface area contributed by atoms with Crippen LogP contribution in [0, 0.1) is 17.5 Å². The molecule has 1 fully saturated rings. The van der Waals surface area contributed by atoms with E-state index in [4.69, 9.17) is 56.5 Å². The molecule has 1 saturated heterocycles. The van der Waals surface area contributed by atoms with Crippen LogP contribution in [0.25, 0.3) is 0 Å². The van der Waals surface area contributed by atoms with Crippen molar-refractivity contribution in [2.45, 2.75) is 98.7 Å². The summed E-state index contributed by atoms with van der Waals surface area (Å²) in [7, 11) is 7.54. The normalized spacial score (nSPS) is 12.0. The van der Waals surface area contributed by atoms with Gasteiger partial charge in [0, 0.05) is 148 Å². The largest absolute Gasteiger partial charge is 1.00 e. The maximum absolute atomic E-state index is 12.9. The maximum Gasteiger partial charge on any atom is 1.00 e. The van der Waals surface area contributed by atoms with Crippen molar-refractivity contribution in [1.82, 2.24) is 5.32 Å². The summed E-state index contributed by atoms with van der Waals surface area (Å²) in [5, 5.41) is 57.9. The fourth-order valence-electron chi connectivity index (χ4n) is 12.9. The first-order chi connectivity index (χ1) is 66.1. The number of benzene rings is 12. The predicted molar refractivity (Wildman–Crippen MR) is 558 cm³/mol. The number of fused-ring (bicyclic) bond motifs is 3. The van der Waals surface area contributed by atoms with E-state index in [1.165, 1.54) is 93.9 Å². The van der Waals surface area contributed by atoms with Crippen molar-refractivity contribution in [3.8, 4) is 0 Å². The van der Waals surface area contributed by atoms with Crippen molar-refractivity contribution >= 4 is 180 Å². The molecule has 142 heavy (non-hydrogen) atoms. The smallest absolute Gasteiger partial charge is 1.00 e. The Hall–Kier alpha value is -7.16. The minimum Gasteiger partial charge on any atom is -1.00 e. The molecule has 40 heteroatoms. The summed E-state index contributed by atoms with van der Waals surface area (Å²) in [5.41, 5.74) is 17.7. The first-order valence-electron chi connectivity index (χ1n) is 43.6. The van der Waals surface area contributed by atoms with Gasteiger partial charge in [-0.15, -0.1) is 12.4 Å². The molecule has 12 aromatic carbocycles. The number of alkyl halides is 1. The molecule has 737 valence electrons. The van der Waals surface area contributed by atoms with Gasteiger partial charge in [-0.25, -0.2) is 13.2 Å². The molecule has 4 heterocycles. The van der Waals surface area contributed by atoms with Crippen LogP contribution >= 0.6 is 55.9 Å². The van der Waals surface area contributed by atoms with Gasteiger partial charge in [0.15, 0.2) is 12.6 Å². The zero-order valence-corrected chi connectivity index (χ0v) is 95.2. The summed E-state index contributed by atoms with van der Waals surface area (Å²) >= 11 is 11.5. The molecule has 16 rings (SSSR count). The van der Waals surface area contributed by atoms with E-state index in [0.717, 1.165) is 99.1 Å². The second-order valence-electron chi connectivity index (χ2n) is 31.1. The van der Waals surface area contributed by atoms with E-state index < -0.39 is 52.1 Å². The molecule has 12 aromatic rings. The van der Waals surface area contributed by atoms with E-state index in [2.05, 4.69) is 124 Å². The summed E-state index contributed by atoms with van der Waals surface area (Å²) in [6.45, 7) is 16.5. The molecule has 0 atom stereocenters. The molecule has 3 radical (unpaired) electrons. The van der Waals surface area contributed by atoms with E-state index in [1.807, 2.05) is 201 Å². The Morgan fingerprint density at radius 1 is 0.493 bits per heavy atom. The third-order valence-corrected chi connectivity index (χ3v) is 22.4. The van der Waals surface area contributed by atoms with Gasteiger partial charge in [-0.05, 0) is 292 Å². The number of aliphatic hydroxyl groups is 2. The number of nitrogens with zero attached hydrogens (tertiary/aromatic N) is 4. The van der Waals surface area contributed by atoms with Crippen LogP contribution in [0.1, 0.15) is 137 Å². The molecule has 0 unspecified atom stereocenters. The van der Waals surface area contributed by atoms with Crippen LogP contribution in [0.2, 0.25) is 0 Å². The van der Waals surface area contributed by atoms with Gasteiger partial charge in [-0.3, -0.25) is 33.2 Å². The molecular weight excluding hydrogens is 2060 g/mol. The Morgan fingerprint density at radius 2 is 0.803 bits per heavy atom. The third-order valence-electron chi connectivity index (χ3n) is 20.8. The number of hydrogen-bond acceptors (Lipinski definition) is 23. The number of aldehydes is 3. The Labute approximate surface area is 973 Å². The fourth-order valence-corrected chi connectivity index (χ4v) is 13.9. The molecule has 1 amide bonds. The summed E-state index contributed by atoms with van der Waals surface area (Å²) in [5.74, 6) is -1.35. The van der Waals surface area contributed by atoms with Gasteiger partial charge in [-0.1, -0.05) is 140 Å². The molecule has 0 spiro atoms. The SMILES string of the molecule is CCO.CCO.CN(C(=O)c1ccc(F)cc1)c1ccc2c(c1)B(O)OC2.CN(Cc1ccccc1)c1ccc(C=O)c(B2OC(C)(C)C(C)(C)O2)c1.CN(Cc1ccccc1)c1ccc(C=O)c(Br)c1.CN(Cc1ccccc1)c1ccc2c(c1)B(O)OC2.CNCc1ccccc1.CNc1ccc2c(c1)B(O)OC2.Cl.O=C(Cl)c1ccc(F)cc1.O=CO[O-].O=Cc1ccc(F)cc1Br.[2H]CF.[B].[H-].[H-].[K+].[K+].[Na+]. The Bertz CT molecular complexity index is 5720. The first kappa shape index (κ1) is 133. The number of hydrogen-bond donors (Lipinski definition) is 7. The number of aliphatic hydroxyl groups excluding tert-OH is 2. The fraction of sp³-hybridized carbons (Fsp3) is 0.235. The molecule has 0 aliphatic carbocycles. The molecule has 7 N–H and O–H groups in total. The minimum absolute atomic E-state index is 0.